The molecule has 0 unspecified atom stereocenters. The van der Waals surface area contributed by atoms with Crippen LogP contribution in [-0.2, 0) is 14.3 Å². The van der Waals surface area contributed by atoms with Crippen molar-refractivity contribution >= 4 is 41.0 Å². The van der Waals surface area contributed by atoms with Gasteiger partial charge in [0, 0.05) is 10.9 Å². The van der Waals surface area contributed by atoms with Gasteiger partial charge in [-0.1, -0.05) is 23.7 Å². The third-order valence-electron chi connectivity index (χ3n) is 2.15. The molecular weight excluding hydrogens is 291 g/mol. The fraction of sp³-hybridized carbons (Fsp3) is 0.231. The highest BCUT2D eigenvalue weighted by Gasteiger charge is 2.17. The molecule has 0 fully saturated rings. The summed E-state index contributed by atoms with van der Waals surface area (Å²) < 4.78 is 4.93. The van der Waals surface area contributed by atoms with Crippen LogP contribution in [-0.4, -0.2) is 36.0 Å². The summed E-state index contributed by atoms with van der Waals surface area (Å²) in [7, 11) is 0. The Kier molecular flexibility index (Phi) is 6.56. The second-order valence-electron chi connectivity index (χ2n) is 3.58. The third-order valence-corrected chi connectivity index (χ3v) is 2.53. The first-order valence-corrected chi connectivity index (χ1v) is 6.33. The molecule has 0 heterocycles. The van der Waals surface area contributed by atoms with E-state index in [1.807, 2.05) is 0 Å². The maximum absolute atomic E-state index is 11.7. The molecule has 1 rings (SSSR count). The Morgan fingerprint density at radius 1 is 1.37 bits per heavy atom. The average molecular weight is 303 g/mol. The van der Waals surface area contributed by atoms with Gasteiger partial charge in [-0.2, -0.15) is 0 Å². The second kappa shape index (κ2) is 7.94. The van der Waals surface area contributed by atoms with Crippen LogP contribution in [0.15, 0.2) is 29.8 Å². The molecule has 0 aliphatic carbocycles. The monoisotopic (exact) mass is 302 g/mol. The van der Waals surface area contributed by atoms with Crippen molar-refractivity contribution in [2.75, 3.05) is 19.1 Å². The van der Waals surface area contributed by atoms with Crippen LogP contribution in [0.2, 0.25) is 5.02 Å². The number of carboxylic acids is 1. The van der Waals surface area contributed by atoms with Crippen molar-refractivity contribution in [2.45, 2.75) is 0 Å². The number of ether oxygens (including phenoxy) is 1. The van der Waals surface area contributed by atoms with Crippen molar-refractivity contribution in [1.82, 2.24) is 0 Å². The highest BCUT2D eigenvalue weighted by molar-refractivity contribution is 6.30. The summed E-state index contributed by atoms with van der Waals surface area (Å²) in [5, 5.41) is 9.49. The summed E-state index contributed by atoms with van der Waals surface area (Å²) in [6.07, 6.45) is 1.26. The standard InChI is InChI=1S/C13H12Cl2O4/c14-4-5-19-8-12(16)11(13(17)18)7-9-2-1-3-10(15)6-9/h1-3,6-7H,4-5,8H2,(H,17,18). The Bertz CT molecular complexity index is 497. The normalized spacial score (nSPS) is 11.4. The predicted molar refractivity (Wildman–Crippen MR) is 73.6 cm³/mol. The molecule has 1 N–H and O–H groups in total. The molecule has 0 saturated heterocycles. The van der Waals surface area contributed by atoms with Crippen LogP contribution >= 0.6 is 23.2 Å². The number of ketones is 1. The minimum Gasteiger partial charge on any atom is -0.478 e. The van der Waals surface area contributed by atoms with Gasteiger partial charge >= 0.3 is 5.97 Å². The Balaban J connectivity index is 2.88. The van der Waals surface area contributed by atoms with Crippen LogP contribution < -0.4 is 0 Å². The fourth-order valence-corrected chi connectivity index (χ4v) is 1.63. The van der Waals surface area contributed by atoms with Gasteiger partial charge in [0.2, 0.25) is 0 Å². The van der Waals surface area contributed by atoms with Crippen molar-refractivity contribution in [1.29, 1.82) is 0 Å². The van der Waals surface area contributed by atoms with Crippen molar-refractivity contribution in [3.05, 3.63) is 40.4 Å². The van der Waals surface area contributed by atoms with Gasteiger partial charge in [0.15, 0.2) is 5.78 Å². The topological polar surface area (TPSA) is 63.6 Å². The van der Waals surface area contributed by atoms with Gasteiger partial charge in [-0.25, -0.2) is 4.79 Å². The van der Waals surface area contributed by atoms with E-state index in [0.717, 1.165) is 0 Å². The Labute approximate surface area is 120 Å². The van der Waals surface area contributed by atoms with E-state index in [-0.39, 0.29) is 24.7 Å². The lowest BCUT2D eigenvalue weighted by Gasteiger charge is -2.03. The molecule has 0 bridgehead atoms. The first-order valence-electron chi connectivity index (χ1n) is 5.42. The van der Waals surface area contributed by atoms with Gasteiger partial charge < -0.3 is 9.84 Å². The van der Waals surface area contributed by atoms with Crippen LogP contribution in [0.4, 0.5) is 0 Å². The van der Waals surface area contributed by atoms with E-state index >= 15 is 0 Å². The van der Waals surface area contributed by atoms with Crippen molar-refractivity contribution in [3.63, 3.8) is 0 Å². The summed E-state index contributed by atoms with van der Waals surface area (Å²) >= 11 is 11.2. The largest absolute Gasteiger partial charge is 0.478 e. The highest BCUT2D eigenvalue weighted by Crippen LogP contribution is 2.14. The zero-order valence-electron chi connectivity index (χ0n) is 9.94. The molecule has 0 aliphatic rings. The number of halogens is 2. The molecule has 0 atom stereocenters. The van der Waals surface area contributed by atoms with E-state index in [0.29, 0.717) is 10.6 Å². The zero-order chi connectivity index (χ0) is 14.3. The van der Waals surface area contributed by atoms with E-state index in [1.54, 1.807) is 24.3 Å². The van der Waals surface area contributed by atoms with E-state index < -0.39 is 11.8 Å². The fourth-order valence-electron chi connectivity index (χ4n) is 1.32. The molecule has 4 nitrogen and oxygen atoms in total. The number of aliphatic carboxylic acids is 1. The summed E-state index contributed by atoms with van der Waals surface area (Å²) in [4.78, 5) is 22.8. The van der Waals surface area contributed by atoms with Gasteiger partial charge in [-0.3, -0.25) is 4.79 Å². The molecule has 0 radical (unpaired) electrons. The number of carbonyl (C=O) groups is 2. The predicted octanol–water partition coefficient (Wildman–Crippen LogP) is 2.63. The molecule has 0 aliphatic heterocycles. The molecule has 19 heavy (non-hydrogen) atoms. The van der Waals surface area contributed by atoms with Crippen LogP contribution in [0.25, 0.3) is 6.08 Å². The first-order chi connectivity index (χ1) is 9.04. The van der Waals surface area contributed by atoms with Crippen molar-refractivity contribution in [3.8, 4) is 0 Å². The second-order valence-corrected chi connectivity index (χ2v) is 4.40. The summed E-state index contributed by atoms with van der Waals surface area (Å²) in [5.74, 6) is -1.68. The van der Waals surface area contributed by atoms with Gasteiger partial charge in [0.25, 0.3) is 0 Å². The van der Waals surface area contributed by atoms with Crippen LogP contribution in [0.5, 0.6) is 0 Å². The molecule has 1 aromatic carbocycles. The quantitative estimate of drug-likeness (QED) is 0.276. The average Bonchev–Trinajstić information content (AvgIpc) is 2.36. The number of alkyl halides is 1. The van der Waals surface area contributed by atoms with E-state index in [2.05, 4.69) is 0 Å². The van der Waals surface area contributed by atoms with Crippen molar-refractivity contribution in [2.24, 2.45) is 0 Å². The van der Waals surface area contributed by atoms with Crippen molar-refractivity contribution < 1.29 is 19.4 Å². The Hall–Kier alpha value is -1.36. The minimum absolute atomic E-state index is 0.192. The maximum Gasteiger partial charge on any atom is 0.339 e. The van der Waals surface area contributed by atoms with Gasteiger partial charge in [-0.15, -0.1) is 11.6 Å². The maximum atomic E-state index is 11.7. The molecule has 0 spiro atoms. The number of Topliss-reactive ketones (excluding diaryl/α,β-unsaturated/α-hetero) is 1. The number of hydrogen-bond acceptors (Lipinski definition) is 3. The number of carbonyl (C=O) groups excluding carboxylic acids is 1. The SMILES string of the molecule is O=C(O)C(=Cc1cccc(Cl)c1)C(=O)COCCCl. The van der Waals surface area contributed by atoms with Gasteiger partial charge in [0.1, 0.15) is 12.2 Å². The molecule has 0 saturated carbocycles. The van der Waals surface area contributed by atoms with E-state index in [1.165, 1.54) is 6.08 Å². The number of benzene rings is 1. The lowest BCUT2D eigenvalue weighted by Crippen LogP contribution is -2.18. The molecule has 6 heteroatoms. The highest BCUT2D eigenvalue weighted by atomic mass is 35.5. The molecule has 102 valence electrons. The smallest absolute Gasteiger partial charge is 0.339 e. The van der Waals surface area contributed by atoms with Crippen LogP contribution in [0, 0.1) is 0 Å². The first kappa shape index (κ1) is 15.7. The Morgan fingerprint density at radius 2 is 2.11 bits per heavy atom. The summed E-state index contributed by atoms with van der Waals surface area (Å²) in [5.41, 5.74) is 0.187. The minimum atomic E-state index is -1.31. The lowest BCUT2D eigenvalue weighted by atomic mass is 10.1. The lowest BCUT2D eigenvalue weighted by molar-refractivity contribution is -0.135. The molecule has 1 aromatic rings. The third kappa shape index (κ3) is 5.42. The molecule has 0 aromatic heterocycles. The molecule has 0 amide bonds. The molecular formula is C13H12Cl2O4. The Morgan fingerprint density at radius 3 is 2.68 bits per heavy atom. The van der Waals surface area contributed by atoms with E-state index in [4.69, 9.17) is 33.0 Å². The van der Waals surface area contributed by atoms with Gasteiger partial charge in [0.05, 0.1) is 6.61 Å². The number of carboxylic acid groups (broad SMARTS) is 1. The van der Waals surface area contributed by atoms with Crippen LogP contribution in [0.3, 0.4) is 0 Å². The van der Waals surface area contributed by atoms with E-state index in [9.17, 15) is 9.59 Å². The number of hydrogen-bond donors (Lipinski definition) is 1. The summed E-state index contributed by atoms with van der Waals surface area (Å²) in [6.45, 7) is -0.122. The number of rotatable bonds is 7. The van der Waals surface area contributed by atoms with Crippen LogP contribution in [0.1, 0.15) is 5.56 Å². The summed E-state index contributed by atoms with van der Waals surface area (Å²) in [6, 6.07) is 6.55. The van der Waals surface area contributed by atoms with Gasteiger partial charge in [-0.05, 0) is 23.8 Å². The zero-order valence-corrected chi connectivity index (χ0v) is 11.4.